The fourth-order valence-corrected chi connectivity index (χ4v) is 1.88. The van der Waals surface area contributed by atoms with Gasteiger partial charge in [-0.15, -0.1) is 0 Å². The van der Waals surface area contributed by atoms with Gasteiger partial charge in [0.1, 0.15) is 0 Å². The molecule has 1 heterocycles. The number of β-amino-alcohol motifs (C(OH)–C–C–N with tert-alkyl or cyclic N) is 1. The first-order valence-corrected chi connectivity index (χ1v) is 4.63. The highest BCUT2D eigenvalue weighted by molar-refractivity contribution is 5.59. The molecule has 0 saturated heterocycles. The maximum Gasteiger partial charge on any atom is 0.0832 e. The van der Waals surface area contributed by atoms with Crippen LogP contribution in [0.25, 0.3) is 0 Å². The molecule has 1 aliphatic rings. The molecule has 0 radical (unpaired) electrons. The molecule has 2 rings (SSSR count). The first-order chi connectivity index (χ1) is 6.08. The molecule has 0 saturated carbocycles. The van der Waals surface area contributed by atoms with Crippen molar-refractivity contribution in [3.8, 4) is 0 Å². The summed E-state index contributed by atoms with van der Waals surface area (Å²) in [6.45, 7) is 4.60. The molecular weight excluding hydrogens is 162 g/mol. The number of benzene rings is 1. The molecule has 0 spiro atoms. The second-order valence-electron chi connectivity index (χ2n) is 4.14. The molecule has 1 atom stereocenters. The smallest absolute Gasteiger partial charge is 0.0832 e. The molecule has 1 unspecified atom stereocenters. The van der Waals surface area contributed by atoms with Gasteiger partial charge in [-0.25, -0.2) is 0 Å². The Morgan fingerprint density at radius 1 is 1.46 bits per heavy atom. The van der Waals surface area contributed by atoms with Crippen molar-refractivity contribution >= 4 is 5.69 Å². The number of aryl methyl sites for hydroxylation is 1. The van der Waals surface area contributed by atoms with Crippen molar-refractivity contribution in [1.82, 2.24) is 0 Å². The summed E-state index contributed by atoms with van der Waals surface area (Å²) < 4.78 is 0. The largest absolute Gasteiger partial charge is 0.388 e. The van der Waals surface area contributed by atoms with E-state index in [1.807, 2.05) is 13.0 Å². The lowest BCUT2D eigenvalue weighted by atomic mass is 9.90. The lowest BCUT2D eigenvalue weighted by Crippen LogP contribution is -2.39. The molecule has 0 aromatic heterocycles. The van der Waals surface area contributed by atoms with E-state index in [2.05, 4.69) is 24.4 Å². The number of fused-ring (bicyclic) bond motifs is 1. The summed E-state index contributed by atoms with van der Waals surface area (Å²) in [5.41, 5.74) is 3.08. The van der Waals surface area contributed by atoms with Gasteiger partial charge in [-0.3, -0.25) is 0 Å². The number of hydrogen-bond donors (Lipinski definition) is 2. The standard InChI is InChI=1S/C11H15NO/c1-8-4-3-5-9-6-11(2,13)7-12-10(8)9/h3-5,12-13H,6-7H2,1-2H3. The van der Waals surface area contributed by atoms with Crippen LogP contribution < -0.4 is 5.32 Å². The summed E-state index contributed by atoms with van der Waals surface area (Å²) in [6, 6.07) is 6.20. The third kappa shape index (κ3) is 1.54. The van der Waals surface area contributed by atoms with E-state index < -0.39 is 5.60 Å². The first-order valence-electron chi connectivity index (χ1n) is 4.63. The maximum absolute atomic E-state index is 9.85. The molecule has 2 nitrogen and oxygen atoms in total. The fourth-order valence-electron chi connectivity index (χ4n) is 1.88. The van der Waals surface area contributed by atoms with Crippen molar-refractivity contribution in [2.24, 2.45) is 0 Å². The minimum atomic E-state index is -0.596. The van der Waals surface area contributed by atoms with Gasteiger partial charge in [-0.2, -0.15) is 0 Å². The second kappa shape index (κ2) is 2.74. The summed E-state index contributed by atoms with van der Waals surface area (Å²) in [5.74, 6) is 0. The van der Waals surface area contributed by atoms with Crippen LogP contribution in [0.4, 0.5) is 5.69 Å². The Balaban J connectivity index is 2.42. The van der Waals surface area contributed by atoms with Gasteiger partial charge in [0, 0.05) is 18.7 Å². The quantitative estimate of drug-likeness (QED) is 0.632. The summed E-state index contributed by atoms with van der Waals surface area (Å²) in [5, 5.41) is 13.1. The van der Waals surface area contributed by atoms with Crippen LogP contribution in [-0.2, 0) is 6.42 Å². The van der Waals surface area contributed by atoms with Crippen molar-refractivity contribution in [1.29, 1.82) is 0 Å². The Labute approximate surface area is 78.6 Å². The average molecular weight is 177 g/mol. The van der Waals surface area contributed by atoms with E-state index in [4.69, 9.17) is 0 Å². The van der Waals surface area contributed by atoms with E-state index in [0.717, 1.165) is 6.42 Å². The monoisotopic (exact) mass is 177 g/mol. The molecule has 0 amide bonds. The molecule has 1 aromatic carbocycles. The topological polar surface area (TPSA) is 32.3 Å². The highest BCUT2D eigenvalue weighted by atomic mass is 16.3. The number of aliphatic hydroxyl groups is 1. The zero-order valence-corrected chi connectivity index (χ0v) is 8.09. The zero-order valence-electron chi connectivity index (χ0n) is 8.09. The van der Waals surface area contributed by atoms with E-state index in [9.17, 15) is 5.11 Å². The fraction of sp³-hybridized carbons (Fsp3) is 0.455. The van der Waals surface area contributed by atoms with Crippen LogP contribution in [0.15, 0.2) is 18.2 Å². The number of hydrogen-bond acceptors (Lipinski definition) is 2. The van der Waals surface area contributed by atoms with Gasteiger partial charge >= 0.3 is 0 Å². The van der Waals surface area contributed by atoms with Crippen LogP contribution in [0, 0.1) is 6.92 Å². The summed E-state index contributed by atoms with van der Waals surface area (Å²) in [7, 11) is 0. The van der Waals surface area contributed by atoms with Crippen LogP contribution >= 0.6 is 0 Å². The van der Waals surface area contributed by atoms with Gasteiger partial charge in [0.2, 0.25) is 0 Å². The van der Waals surface area contributed by atoms with Gasteiger partial charge in [0.25, 0.3) is 0 Å². The Hall–Kier alpha value is -1.02. The summed E-state index contributed by atoms with van der Waals surface area (Å²) >= 11 is 0. The van der Waals surface area contributed by atoms with Crippen molar-refractivity contribution in [2.45, 2.75) is 25.9 Å². The van der Waals surface area contributed by atoms with Crippen LogP contribution in [0.1, 0.15) is 18.1 Å². The third-order valence-corrected chi connectivity index (χ3v) is 2.58. The lowest BCUT2D eigenvalue weighted by Gasteiger charge is -2.32. The number of para-hydroxylation sites is 1. The molecular formula is C11H15NO. The molecule has 2 N–H and O–H groups in total. The Morgan fingerprint density at radius 3 is 3.00 bits per heavy atom. The van der Waals surface area contributed by atoms with Gasteiger partial charge in [-0.05, 0) is 25.0 Å². The van der Waals surface area contributed by atoms with E-state index in [0.29, 0.717) is 6.54 Å². The Kier molecular flexibility index (Phi) is 1.81. The van der Waals surface area contributed by atoms with E-state index >= 15 is 0 Å². The first kappa shape index (κ1) is 8.57. The Morgan fingerprint density at radius 2 is 2.23 bits per heavy atom. The summed E-state index contributed by atoms with van der Waals surface area (Å²) in [4.78, 5) is 0. The van der Waals surface area contributed by atoms with E-state index in [1.165, 1.54) is 16.8 Å². The van der Waals surface area contributed by atoms with Gasteiger partial charge < -0.3 is 10.4 Å². The second-order valence-corrected chi connectivity index (χ2v) is 4.14. The molecule has 1 aliphatic heterocycles. The van der Waals surface area contributed by atoms with Crippen LogP contribution in [0.3, 0.4) is 0 Å². The molecule has 1 aromatic rings. The van der Waals surface area contributed by atoms with Gasteiger partial charge in [-0.1, -0.05) is 18.2 Å². The highest BCUT2D eigenvalue weighted by Crippen LogP contribution is 2.29. The van der Waals surface area contributed by atoms with Crippen molar-refractivity contribution in [3.63, 3.8) is 0 Å². The zero-order chi connectivity index (χ0) is 9.47. The molecule has 2 heteroatoms. The molecule has 0 aliphatic carbocycles. The SMILES string of the molecule is Cc1cccc2c1NCC(C)(O)C2. The number of nitrogens with one attached hydrogen (secondary N) is 1. The van der Waals surface area contributed by atoms with E-state index in [-0.39, 0.29) is 0 Å². The summed E-state index contributed by atoms with van der Waals surface area (Å²) in [6.07, 6.45) is 0.747. The minimum Gasteiger partial charge on any atom is -0.388 e. The van der Waals surface area contributed by atoms with Crippen LogP contribution in [-0.4, -0.2) is 17.3 Å². The average Bonchev–Trinajstić information content (AvgIpc) is 2.02. The maximum atomic E-state index is 9.85. The van der Waals surface area contributed by atoms with Gasteiger partial charge in [0.15, 0.2) is 0 Å². The van der Waals surface area contributed by atoms with Crippen molar-refractivity contribution in [2.75, 3.05) is 11.9 Å². The molecule has 13 heavy (non-hydrogen) atoms. The molecule has 0 bridgehead atoms. The molecule has 0 fully saturated rings. The Bertz CT molecular complexity index is 331. The highest BCUT2D eigenvalue weighted by Gasteiger charge is 2.27. The van der Waals surface area contributed by atoms with E-state index in [1.54, 1.807) is 0 Å². The normalized spacial score (nSPS) is 26.4. The van der Waals surface area contributed by atoms with Gasteiger partial charge in [0.05, 0.1) is 5.60 Å². The lowest BCUT2D eigenvalue weighted by molar-refractivity contribution is 0.0710. The molecule has 70 valence electrons. The minimum absolute atomic E-state index is 0.596. The number of rotatable bonds is 0. The predicted octanol–water partition coefficient (Wildman–Crippen LogP) is 1.71. The predicted molar refractivity (Wildman–Crippen MR) is 54.0 cm³/mol. The van der Waals surface area contributed by atoms with Crippen LogP contribution in [0.5, 0.6) is 0 Å². The van der Waals surface area contributed by atoms with Crippen molar-refractivity contribution < 1.29 is 5.11 Å². The van der Waals surface area contributed by atoms with Crippen molar-refractivity contribution in [3.05, 3.63) is 29.3 Å². The third-order valence-electron chi connectivity index (χ3n) is 2.58. The number of anilines is 1. The van der Waals surface area contributed by atoms with Crippen LogP contribution in [0.2, 0.25) is 0 Å².